The number of nitrogens with zero attached hydrogens (tertiary/aromatic N) is 2. The Morgan fingerprint density at radius 3 is 2.28 bits per heavy atom. The van der Waals surface area contributed by atoms with Crippen LogP contribution in [-0.2, 0) is 0 Å². The third-order valence-corrected chi connectivity index (χ3v) is 4.05. The quantitative estimate of drug-likeness (QED) is 0.837. The van der Waals surface area contributed by atoms with Gasteiger partial charge in [-0.25, -0.2) is 4.98 Å². The SMILES string of the molecule is O=C(c1ccc(Br)cn1)N(CC1CC1)CC1CC1. The van der Waals surface area contributed by atoms with Crippen LogP contribution in [0.4, 0.5) is 0 Å². The summed E-state index contributed by atoms with van der Waals surface area (Å²) in [4.78, 5) is 18.7. The minimum Gasteiger partial charge on any atom is -0.337 e. The van der Waals surface area contributed by atoms with Crippen molar-refractivity contribution in [3.05, 3.63) is 28.5 Å². The Labute approximate surface area is 116 Å². The van der Waals surface area contributed by atoms with Crippen molar-refractivity contribution in [2.75, 3.05) is 13.1 Å². The van der Waals surface area contributed by atoms with Crippen LogP contribution in [0.3, 0.4) is 0 Å². The molecule has 0 aromatic carbocycles. The first-order chi connectivity index (χ1) is 8.72. The van der Waals surface area contributed by atoms with Crippen molar-refractivity contribution >= 4 is 21.8 Å². The fraction of sp³-hybridized carbons (Fsp3) is 0.571. The van der Waals surface area contributed by atoms with Gasteiger partial charge in [-0.05, 0) is 65.6 Å². The average molecular weight is 309 g/mol. The second-order valence-electron chi connectivity index (χ2n) is 5.46. The van der Waals surface area contributed by atoms with Gasteiger partial charge < -0.3 is 4.90 Å². The summed E-state index contributed by atoms with van der Waals surface area (Å²) in [6.07, 6.45) is 6.81. The summed E-state index contributed by atoms with van der Waals surface area (Å²) in [6, 6.07) is 3.69. The van der Waals surface area contributed by atoms with Gasteiger partial charge in [0.25, 0.3) is 5.91 Å². The fourth-order valence-electron chi connectivity index (χ4n) is 2.13. The van der Waals surface area contributed by atoms with Gasteiger partial charge in [0, 0.05) is 23.8 Å². The Morgan fingerprint density at radius 1 is 1.22 bits per heavy atom. The van der Waals surface area contributed by atoms with Crippen LogP contribution >= 0.6 is 15.9 Å². The second kappa shape index (κ2) is 5.00. The summed E-state index contributed by atoms with van der Waals surface area (Å²) in [7, 11) is 0. The number of halogens is 1. The van der Waals surface area contributed by atoms with Crippen molar-refractivity contribution in [1.82, 2.24) is 9.88 Å². The third-order valence-electron chi connectivity index (χ3n) is 3.58. The number of carbonyl (C=O) groups excluding carboxylic acids is 1. The average Bonchev–Trinajstić information content (AvgIpc) is 3.23. The van der Waals surface area contributed by atoms with E-state index >= 15 is 0 Å². The monoisotopic (exact) mass is 308 g/mol. The highest BCUT2D eigenvalue weighted by atomic mass is 79.9. The van der Waals surface area contributed by atoms with E-state index in [0.717, 1.165) is 29.4 Å². The second-order valence-corrected chi connectivity index (χ2v) is 6.37. The molecule has 0 spiro atoms. The Kier molecular flexibility index (Phi) is 3.37. The topological polar surface area (TPSA) is 33.2 Å². The van der Waals surface area contributed by atoms with Crippen LogP contribution in [0.1, 0.15) is 36.2 Å². The van der Waals surface area contributed by atoms with E-state index < -0.39 is 0 Å². The van der Waals surface area contributed by atoms with E-state index in [1.807, 2.05) is 11.0 Å². The number of amides is 1. The lowest BCUT2D eigenvalue weighted by Crippen LogP contribution is -2.35. The maximum Gasteiger partial charge on any atom is 0.272 e. The first-order valence-corrected chi connectivity index (χ1v) is 7.42. The largest absolute Gasteiger partial charge is 0.337 e. The molecule has 4 heteroatoms. The van der Waals surface area contributed by atoms with E-state index in [2.05, 4.69) is 20.9 Å². The molecule has 1 heterocycles. The molecular weight excluding hydrogens is 292 g/mol. The Morgan fingerprint density at radius 2 is 1.83 bits per heavy atom. The van der Waals surface area contributed by atoms with Gasteiger partial charge in [-0.3, -0.25) is 4.79 Å². The van der Waals surface area contributed by atoms with Gasteiger partial charge in [0.05, 0.1) is 0 Å². The van der Waals surface area contributed by atoms with E-state index in [1.54, 1.807) is 12.3 Å². The normalized spacial score (nSPS) is 18.7. The van der Waals surface area contributed by atoms with Gasteiger partial charge in [-0.1, -0.05) is 0 Å². The Hall–Kier alpha value is -0.900. The highest BCUT2D eigenvalue weighted by Crippen LogP contribution is 2.34. The number of hydrogen-bond donors (Lipinski definition) is 0. The lowest BCUT2D eigenvalue weighted by atomic mass is 10.2. The summed E-state index contributed by atoms with van der Waals surface area (Å²) in [5.41, 5.74) is 0.569. The highest BCUT2D eigenvalue weighted by Gasteiger charge is 2.32. The smallest absolute Gasteiger partial charge is 0.272 e. The molecule has 0 radical (unpaired) electrons. The number of pyridine rings is 1. The maximum absolute atomic E-state index is 12.4. The van der Waals surface area contributed by atoms with Crippen molar-refractivity contribution in [3.63, 3.8) is 0 Å². The van der Waals surface area contributed by atoms with Gasteiger partial charge in [0.15, 0.2) is 0 Å². The van der Waals surface area contributed by atoms with Crippen molar-refractivity contribution in [2.24, 2.45) is 11.8 Å². The van der Waals surface area contributed by atoms with Gasteiger partial charge >= 0.3 is 0 Å². The van der Waals surface area contributed by atoms with Crippen LogP contribution in [-0.4, -0.2) is 28.9 Å². The molecule has 3 nitrogen and oxygen atoms in total. The molecule has 2 fully saturated rings. The molecule has 96 valence electrons. The number of aromatic nitrogens is 1. The van der Waals surface area contributed by atoms with Gasteiger partial charge in [-0.15, -0.1) is 0 Å². The number of rotatable bonds is 5. The third kappa shape index (κ3) is 3.10. The minimum atomic E-state index is 0.0984. The van der Waals surface area contributed by atoms with Crippen LogP contribution in [0, 0.1) is 11.8 Å². The van der Waals surface area contributed by atoms with E-state index in [-0.39, 0.29) is 5.91 Å². The first kappa shape index (κ1) is 12.2. The molecule has 1 aromatic rings. The molecule has 0 saturated heterocycles. The molecule has 18 heavy (non-hydrogen) atoms. The predicted octanol–water partition coefficient (Wildman–Crippen LogP) is 3.11. The van der Waals surface area contributed by atoms with Gasteiger partial charge in [0.1, 0.15) is 5.69 Å². The number of carbonyl (C=O) groups is 1. The van der Waals surface area contributed by atoms with Crippen LogP contribution in [0.2, 0.25) is 0 Å². The molecule has 1 aromatic heterocycles. The standard InChI is InChI=1S/C14H17BrN2O/c15-12-5-6-13(16-7-12)14(18)17(8-10-1-2-10)9-11-3-4-11/h5-7,10-11H,1-4,8-9H2. The van der Waals surface area contributed by atoms with Crippen LogP contribution in [0.15, 0.2) is 22.8 Å². The van der Waals surface area contributed by atoms with Crippen molar-refractivity contribution in [3.8, 4) is 0 Å². The molecule has 0 N–H and O–H groups in total. The Bertz CT molecular complexity index is 424. The zero-order valence-electron chi connectivity index (χ0n) is 10.3. The molecule has 0 atom stereocenters. The van der Waals surface area contributed by atoms with Crippen molar-refractivity contribution in [2.45, 2.75) is 25.7 Å². The molecule has 0 bridgehead atoms. The molecule has 2 aliphatic rings. The van der Waals surface area contributed by atoms with Crippen LogP contribution < -0.4 is 0 Å². The summed E-state index contributed by atoms with van der Waals surface area (Å²) in [6.45, 7) is 1.85. The van der Waals surface area contributed by atoms with Crippen molar-refractivity contribution < 1.29 is 4.79 Å². The van der Waals surface area contributed by atoms with E-state index in [1.165, 1.54) is 25.7 Å². The summed E-state index contributed by atoms with van der Waals surface area (Å²) >= 11 is 3.34. The summed E-state index contributed by atoms with van der Waals surface area (Å²) in [5, 5.41) is 0. The van der Waals surface area contributed by atoms with Gasteiger partial charge in [-0.2, -0.15) is 0 Å². The molecule has 1 amide bonds. The highest BCUT2D eigenvalue weighted by molar-refractivity contribution is 9.10. The summed E-state index contributed by atoms with van der Waals surface area (Å²) in [5.74, 6) is 1.58. The predicted molar refractivity (Wildman–Crippen MR) is 73.3 cm³/mol. The lowest BCUT2D eigenvalue weighted by Gasteiger charge is -2.22. The van der Waals surface area contributed by atoms with Crippen LogP contribution in [0.25, 0.3) is 0 Å². The molecule has 0 aliphatic heterocycles. The fourth-order valence-corrected chi connectivity index (χ4v) is 2.36. The van der Waals surface area contributed by atoms with Gasteiger partial charge in [0.2, 0.25) is 0 Å². The van der Waals surface area contributed by atoms with E-state index in [9.17, 15) is 4.79 Å². The zero-order chi connectivity index (χ0) is 12.5. The molecule has 3 rings (SSSR count). The van der Waals surface area contributed by atoms with Crippen molar-refractivity contribution in [1.29, 1.82) is 0 Å². The minimum absolute atomic E-state index is 0.0984. The molecule has 0 unspecified atom stereocenters. The Balaban J connectivity index is 1.70. The van der Waals surface area contributed by atoms with E-state index in [0.29, 0.717) is 5.69 Å². The van der Waals surface area contributed by atoms with E-state index in [4.69, 9.17) is 0 Å². The summed E-state index contributed by atoms with van der Waals surface area (Å²) < 4.78 is 0.912. The molecule has 2 saturated carbocycles. The molecule has 2 aliphatic carbocycles. The zero-order valence-corrected chi connectivity index (χ0v) is 11.9. The number of hydrogen-bond acceptors (Lipinski definition) is 2. The lowest BCUT2D eigenvalue weighted by molar-refractivity contribution is 0.0733. The molecular formula is C14H17BrN2O. The van der Waals surface area contributed by atoms with Crippen LogP contribution in [0.5, 0.6) is 0 Å². The first-order valence-electron chi connectivity index (χ1n) is 6.63. The maximum atomic E-state index is 12.4.